The molecule has 2 rings (SSSR count). The molecule has 0 aliphatic carbocycles. The van der Waals surface area contributed by atoms with Gasteiger partial charge in [0.25, 0.3) is 0 Å². The molecule has 0 fully saturated rings. The van der Waals surface area contributed by atoms with Gasteiger partial charge in [-0.1, -0.05) is 24.3 Å². The van der Waals surface area contributed by atoms with E-state index < -0.39 is 0 Å². The summed E-state index contributed by atoms with van der Waals surface area (Å²) < 4.78 is 0. The third-order valence-electron chi connectivity index (χ3n) is 2.16. The zero-order valence-electron chi connectivity index (χ0n) is 8.84. The van der Waals surface area contributed by atoms with E-state index in [-0.39, 0.29) is 28.6 Å². The van der Waals surface area contributed by atoms with Crippen LogP contribution >= 0.6 is 0 Å². The van der Waals surface area contributed by atoms with E-state index in [1.807, 2.05) is 6.07 Å². The Morgan fingerprint density at radius 1 is 0.824 bits per heavy atom. The Morgan fingerprint density at radius 3 is 2.06 bits per heavy atom. The molecule has 0 aliphatic rings. The average Bonchev–Trinajstić information content (AvgIpc) is 2.30. The Bertz CT molecular complexity index is 479. The maximum Gasteiger partial charge on any atom is 2.00 e. The van der Waals surface area contributed by atoms with Crippen LogP contribution in [0.15, 0.2) is 53.5 Å². The summed E-state index contributed by atoms with van der Waals surface area (Å²) in [4.78, 5) is 4.10. The number of hydrogen-bond acceptors (Lipinski definition) is 3. The fourth-order valence-corrected chi connectivity index (χ4v) is 1.31. The molecule has 0 aromatic heterocycles. The minimum atomic E-state index is 0. The first-order valence-electron chi connectivity index (χ1n) is 4.87. The first-order valence-corrected chi connectivity index (χ1v) is 4.87. The summed E-state index contributed by atoms with van der Waals surface area (Å²) in [6.07, 6.45) is 1.52. The third-order valence-corrected chi connectivity index (χ3v) is 2.16. The normalized spacial score (nSPS) is 10.1. The van der Waals surface area contributed by atoms with E-state index in [2.05, 4.69) is 4.99 Å². The fourth-order valence-electron chi connectivity index (χ4n) is 1.31. The van der Waals surface area contributed by atoms with Crippen molar-refractivity contribution in [3.63, 3.8) is 0 Å². The number of para-hydroxylation sites is 3. The number of hydrogen-bond donors (Lipinski definition) is 2. The molecule has 0 spiro atoms. The van der Waals surface area contributed by atoms with Gasteiger partial charge in [-0.25, -0.2) is 0 Å². The Morgan fingerprint density at radius 2 is 1.41 bits per heavy atom. The Balaban J connectivity index is 0.00000144. The molecule has 0 bridgehead atoms. The number of nitrogens with zero attached hydrogens (tertiary/aromatic N) is 1. The average molecular weight is 277 g/mol. The third kappa shape index (κ3) is 3.34. The van der Waals surface area contributed by atoms with Gasteiger partial charge < -0.3 is 10.2 Å². The van der Waals surface area contributed by atoms with Crippen LogP contribution in [0.3, 0.4) is 0 Å². The van der Waals surface area contributed by atoms with Gasteiger partial charge in [0.1, 0.15) is 17.2 Å². The van der Waals surface area contributed by atoms with Gasteiger partial charge in [-0.15, -0.1) is 0 Å². The summed E-state index contributed by atoms with van der Waals surface area (Å²) in [7, 11) is 0. The van der Waals surface area contributed by atoms with E-state index in [0.29, 0.717) is 11.3 Å². The number of benzene rings is 2. The van der Waals surface area contributed by atoms with Gasteiger partial charge in [0, 0.05) is 11.8 Å². The van der Waals surface area contributed by atoms with Crippen LogP contribution in [0.1, 0.15) is 5.56 Å². The van der Waals surface area contributed by atoms with Crippen molar-refractivity contribution < 1.29 is 27.3 Å². The molecule has 3 nitrogen and oxygen atoms in total. The van der Waals surface area contributed by atoms with E-state index in [1.165, 1.54) is 6.21 Å². The van der Waals surface area contributed by atoms with Crippen molar-refractivity contribution in [1.82, 2.24) is 0 Å². The summed E-state index contributed by atoms with van der Waals surface area (Å²) in [5, 5.41) is 19.0. The molecular weight excluding hydrogens is 266 g/mol. The number of phenolic OH excluding ortho intramolecular Hbond substituents is 2. The van der Waals surface area contributed by atoms with Gasteiger partial charge in [0.05, 0.1) is 0 Å². The maximum atomic E-state index is 9.50. The summed E-state index contributed by atoms with van der Waals surface area (Å²) >= 11 is 0. The van der Waals surface area contributed by atoms with Crippen molar-refractivity contribution in [2.24, 2.45) is 4.99 Å². The minimum absolute atomic E-state index is 0. The van der Waals surface area contributed by atoms with Crippen LogP contribution in [-0.2, 0) is 17.1 Å². The SMILES string of the molecule is Oc1ccccc1C=Nc1ccccc1O.[Cu+2]. The molecule has 4 heteroatoms. The minimum Gasteiger partial charge on any atom is -0.507 e. The van der Waals surface area contributed by atoms with Crippen LogP contribution in [0.2, 0.25) is 0 Å². The second-order valence-electron chi connectivity index (χ2n) is 3.31. The van der Waals surface area contributed by atoms with Crippen molar-refractivity contribution in [2.45, 2.75) is 0 Å². The van der Waals surface area contributed by atoms with E-state index in [9.17, 15) is 10.2 Å². The van der Waals surface area contributed by atoms with Gasteiger partial charge >= 0.3 is 17.1 Å². The van der Waals surface area contributed by atoms with Gasteiger partial charge in [0.15, 0.2) is 0 Å². The topological polar surface area (TPSA) is 52.8 Å². The van der Waals surface area contributed by atoms with Crippen LogP contribution in [0.25, 0.3) is 0 Å². The molecule has 0 saturated heterocycles. The van der Waals surface area contributed by atoms with E-state index in [4.69, 9.17) is 0 Å². The van der Waals surface area contributed by atoms with Crippen LogP contribution < -0.4 is 0 Å². The molecule has 0 heterocycles. The quantitative estimate of drug-likeness (QED) is 0.655. The van der Waals surface area contributed by atoms with Gasteiger partial charge in [-0.05, 0) is 24.3 Å². The van der Waals surface area contributed by atoms with Crippen LogP contribution in [-0.4, -0.2) is 16.4 Å². The number of aromatic hydroxyl groups is 2. The molecule has 2 aromatic carbocycles. The van der Waals surface area contributed by atoms with Crippen molar-refractivity contribution >= 4 is 11.9 Å². The second-order valence-corrected chi connectivity index (χ2v) is 3.31. The summed E-state index contributed by atoms with van der Waals surface area (Å²) in [5.41, 5.74) is 1.09. The first kappa shape index (κ1) is 13.3. The number of rotatable bonds is 2. The molecular formula is C13H11CuNO2+2. The largest absolute Gasteiger partial charge is 2.00 e. The summed E-state index contributed by atoms with van der Waals surface area (Å²) in [6.45, 7) is 0. The molecule has 0 amide bonds. The molecule has 0 atom stereocenters. The molecule has 0 aliphatic heterocycles. The molecule has 0 saturated carbocycles. The van der Waals surface area contributed by atoms with Crippen LogP contribution in [0, 0.1) is 0 Å². The Hall–Kier alpha value is -1.77. The number of aliphatic imine (C=N–C) groups is 1. The predicted molar refractivity (Wildman–Crippen MR) is 63.5 cm³/mol. The molecule has 2 aromatic rings. The Kier molecular flexibility index (Phi) is 4.76. The molecule has 1 radical (unpaired) electrons. The predicted octanol–water partition coefficient (Wildman–Crippen LogP) is 2.85. The van der Waals surface area contributed by atoms with Crippen molar-refractivity contribution in [3.8, 4) is 11.5 Å². The van der Waals surface area contributed by atoms with Gasteiger partial charge in [-0.3, -0.25) is 4.99 Å². The Labute approximate surface area is 110 Å². The zero-order valence-corrected chi connectivity index (χ0v) is 9.78. The van der Waals surface area contributed by atoms with Gasteiger partial charge in [0.2, 0.25) is 0 Å². The van der Waals surface area contributed by atoms with E-state index in [1.54, 1.807) is 42.5 Å². The van der Waals surface area contributed by atoms with E-state index >= 15 is 0 Å². The van der Waals surface area contributed by atoms with Crippen LogP contribution in [0.5, 0.6) is 11.5 Å². The first-order chi connectivity index (χ1) is 7.77. The molecule has 17 heavy (non-hydrogen) atoms. The number of phenols is 2. The van der Waals surface area contributed by atoms with Crippen LogP contribution in [0.4, 0.5) is 5.69 Å². The maximum absolute atomic E-state index is 9.50. The van der Waals surface area contributed by atoms with E-state index in [0.717, 1.165) is 0 Å². The standard InChI is InChI=1S/C13H11NO2.Cu/c15-12-7-3-1-5-10(12)9-14-11-6-2-4-8-13(11)16;/h1-9,15-16H;/q;+2. The smallest absolute Gasteiger partial charge is 0.507 e. The summed E-state index contributed by atoms with van der Waals surface area (Å²) in [6, 6.07) is 13.7. The van der Waals surface area contributed by atoms with Crippen molar-refractivity contribution in [1.29, 1.82) is 0 Å². The summed E-state index contributed by atoms with van der Waals surface area (Å²) in [5.74, 6) is 0.288. The second kappa shape index (κ2) is 6.09. The molecule has 89 valence electrons. The molecule has 0 unspecified atom stereocenters. The van der Waals surface area contributed by atoms with Crippen molar-refractivity contribution in [3.05, 3.63) is 54.1 Å². The molecule has 2 N–H and O–H groups in total. The van der Waals surface area contributed by atoms with Gasteiger partial charge in [-0.2, -0.15) is 0 Å². The zero-order chi connectivity index (χ0) is 11.4. The fraction of sp³-hybridized carbons (Fsp3) is 0. The monoisotopic (exact) mass is 276 g/mol. The van der Waals surface area contributed by atoms with Crippen molar-refractivity contribution in [2.75, 3.05) is 0 Å².